The number of nitrogens with zero attached hydrogens (tertiary/aromatic N) is 1. The van der Waals surface area contributed by atoms with Gasteiger partial charge < -0.3 is 15.8 Å². The van der Waals surface area contributed by atoms with Crippen molar-refractivity contribution in [3.05, 3.63) is 90.5 Å². The number of hydrogen-bond acceptors (Lipinski definition) is 4. The zero-order valence-corrected chi connectivity index (χ0v) is 16.6. The number of benzene rings is 3. The molecule has 0 aliphatic heterocycles. The van der Waals surface area contributed by atoms with Crippen molar-refractivity contribution in [2.75, 3.05) is 12.1 Å². The minimum absolute atomic E-state index is 0.00883. The van der Waals surface area contributed by atoms with Gasteiger partial charge in [0, 0.05) is 7.05 Å². The van der Waals surface area contributed by atoms with Crippen LogP contribution in [0.15, 0.2) is 84.9 Å². The molecule has 0 radical (unpaired) electrons. The van der Waals surface area contributed by atoms with Gasteiger partial charge in [0.05, 0.1) is 18.2 Å². The Labute approximate surface area is 175 Å². The Hall–Kier alpha value is -4.00. The van der Waals surface area contributed by atoms with Gasteiger partial charge in [0.15, 0.2) is 0 Å². The Kier molecular flexibility index (Phi) is 6.89. The number of carbonyl (C=O) groups is 2. The number of rotatable bonds is 8. The lowest BCUT2D eigenvalue weighted by Crippen LogP contribution is -2.42. The van der Waals surface area contributed by atoms with Crippen LogP contribution in [-0.2, 0) is 4.79 Å². The lowest BCUT2D eigenvalue weighted by Gasteiger charge is -2.23. The van der Waals surface area contributed by atoms with Crippen LogP contribution in [0.2, 0.25) is 0 Å². The molecule has 0 fully saturated rings. The summed E-state index contributed by atoms with van der Waals surface area (Å²) in [5.41, 5.74) is 9.68. The second-order valence-corrected chi connectivity index (χ2v) is 6.68. The molecule has 30 heavy (non-hydrogen) atoms. The molecule has 154 valence electrons. The zero-order chi connectivity index (χ0) is 21.3. The van der Waals surface area contributed by atoms with Crippen molar-refractivity contribution in [2.45, 2.75) is 12.5 Å². The number of primary amides is 1. The molecule has 0 saturated heterocycles. The summed E-state index contributed by atoms with van der Waals surface area (Å²) in [5.74, 6) is 1.02. The monoisotopic (exact) mass is 404 g/mol. The summed E-state index contributed by atoms with van der Waals surface area (Å²) in [4.78, 5) is 24.1. The molecule has 7 nitrogen and oxygen atoms in total. The highest BCUT2D eigenvalue weighted by atomic mass is 16.5. The number of ether oxygens (including phenoxy) is 1. The maximum absolute atomic E-state index is 12.6. The van der Waals surface area contributed by atoms with Gasteiger partial charge in [-0.1, -0.05) is 48.5 Å². The summed E-state index contributed by atoms with van der Waals surface area (Å²) < 4.78 is 5.85. The summed E-state index contributed by atoms with van der Waals surface area (Å²) in [6, 6.07) is 24.7. The van der Waals surface area contributed by atoms with Crippen LogP contribution in [-0.4, -0.2) is 19.0 Å². The van der Waals surface area contributed by atoms with Gasteiger partial charge >= 0.3 is 6.03 Å². The molecule has 0 aromatic heterocycles. The van der Waals surface area contributed by atoms with E-state index in [-0.39, 0.29) is 12.3 Å². The smallest absolute Gasteiger partial charge is 0.312 e. The first kappa shape index (κ1) is 20.7. The maximum atomic E-state index is 12.6. The van der Waals surface area contributed by atoms with E-state index >= 15 is 0 Å². The SMILES string of the molecule is CN(NC(=O)C[C@H](NC(N)=O)c1cccc(Oc2ccccc2)c1)c1ccccc1. The molecule has 0 bridgehead atoms. The van der Waals surface area contributed by atoms with Gasteiger partial charge in [-0.15, -0.1) is 0 Å². The van der Waals surface area contributed by atoms with Crippen LogP contribution in [0.25, 0.3) is 0 Å². The van der Waals surface area contributed by atoms with E-state index in [9.17, 15) is 9.59 Å². The summed E-state index contributed by atoms with van der Waals surface area (Å²) >= 11 is 0. The molecule has 3 aromatic carbocycles. The lowest BCUT2D eigenvalue weighted by molar-refractivity contribution is -0.121. The molecule has 0 aliphatic rings. The third-order valence-corrected chi connectivity index (χ3v) is 4.38. The molecule has 3 rings (SSSR count). The molecule has 0 spiro atoms. The number of nitrogens with two attached hydrogens (primary N) is 1. The second-order valence-electron chi connectivity index (χ2n) is 6.68. The first-order chi connectivity index (χ1) is 14.5. The largest absolute Gasteiger partial charge is 0.457 e. The average Bonchev–Trinajstić information content (AvgIpc) is 2.74. The van der Waals surface area contributed by atoms with Crippen molar-refractivity contribution in [3.63, 3.8) is 0 Å². The lowest BCUT2D eigenvalue weighted by atomic mass is 10.0. The quantitative estimate of drug-likeness (QED) is 0.498. The van der Waals surface area contributed by atoms with Gasteiger partial charge in [-0.2, -0.15) is 0 Å². The molecule has 4 N–H and O–H groups in total. The Morgan fingerprint density at radius 2 is 1.57 bits per heavy atom. The number of urea groups is 1. The molecule has 0 saturated carbocycles. The number of carbonyl (C=O) groups excluding carboxylic acids is 2. The average molecular weight is 404 g/mol. The molecule has 0 unspecified atom stereocenters. The topological polar surface area (TPSA) is 96.7 Å². The number of para-hydroxylation sites is 2. The fourth-order valence-corrected chi connectivity index (χ4v) is 2.98. The van der Waals surface area contributed by atoms with E-state index in [0.29, 0.717) is 17.1 Å². The number of nitrogens with one attached hydrogen (secondary N) is 2. The first-order valence-electron chi connectivity index (χ1n) is 9.48. The van der Waals surface area contributed by atoms with Gasteiger partial charge in [-0.3, -0.25) is 15.2 Å². The van der Waals surface area contributed by atoms with Crippen molar-refractivity contribution in [2.24, 2.45) is 5.73 Å². The van der Waals surface area contributed by atoms with Gasteiger partial charge in [0.25, 0.3) is 0 Å². The van der Waals surface area contributed by atoms with E-state index in [1.54, 1.807) is 30.3 Å². The first-order valence-corrected chi connectivity index (χ1v) is 9.48. The highest BCUT2D eigenvalue weighted by molar-refractivity contribution is 5.80. The Balaban J connectivity index is 1.71. The number of amides is 3. The predicted molar refractivity (Wildman–Crippen MR) is 116 cm³/mol. The van der Waals surface area contributed by atoms with Gasteiger partial charge in [-0.25, -0.2) is 4.79 Å². The predicted octanol–water partition coefficient (Wildman–Crippen LogP) is 3.75. The Morgan fingerprint density at radius 1 is 0.933 bits per heavy atom. The highest BCUT2D eigenvalue weighted by Crippen LogP contribution is 2.26. The third-order valence-electron chi connectivity index (χ3n) is 4.38. The summed E-state index contributed by atoms with van der Waals surface area (Å²) in [5, 5.41) is 4.26. The van der Waals surface area contributed by atoms with Crippen molar-refractivity contribution in [3.8, 4) is 11.5 Å². The number of anilines is 1. The van der Waals surface area contributed by atoms with E-state index in [4.69, 9.17) is 10.5 Å². The fourth-order valence-electron chi connectivity index (χ4n) is 2.98. The van der Waals surface area contributed by atoms with Crippen molar-refractivity contribution >= 4 is 17.6 Å². The number of hydrazine groups is 1. The standard InChI is InChI=1S/C23H24N4O3/c1-27(18-10-4-2-5-11-18)26-22(28)16-21(25-23(24)29)17-9-8-14-20(15-17)30-19-12-6-3-7-13-19/h2-15,21H,16H2,1H3,(H,26,28)(H3,24,25,29)/t21-/m0/s1. The van der Waals surface area contributed by atoms with Crippen LogP contribution in [0, 0.1) is 0 Å². The van der Waals surface area contributed by atoms with Crippen LogP contribution in [0.3, 0.4) is 0 Å². The van der Waals surface area contributed by atoms with E-state index in [0.717, 1.165) is 5.69 Å². The second kappa shape index (κ2) is 9.97. The number of hydrogen-bond donors (Lipinski definition) is 3. The minimum atomic E-state index is -0.710. The van der Waals surface area contributed by atoms with Crippen molar-refractivity contribution < 1.29 is 14.3 Å². The van der Waals surface area contributed by atoms with E-state index < -0.39 is 12.1 Å². The van der Waals surface area contributed by atoms with E-state index in [1.165, 1.54) is 0 Å². The van der Waals surface area contributed by atoms with Crippen molar-refractivity contribution in [1.29, 1.82) is 0 Å². The zero-order valence-electron chi connectivity index (χ0n) is 16.6. The van der Waals surface area contributed by atoms with Crippen LogP contribution < -0.4 is 26.2 Å². The van der Waals surface area contributed by atoms with E-state index in [2.05, 4.69) is 10.7 Å². The Morgan fingerprint density at radius 3 is 2.23 bits per heavy atom. The summed E-state index contributed by atoms with van der Waals surface area (Å²) in [7, 11) is 1.75. The maximum Gasteiger partial charge on any atom is 0.312 e. The molecule has 3 amide bonds. The van der Waals surface area contributed by atoms with Gasteiger partial charge in [0.1, 0.15) is 11.5 Å². The summed E-state index contributed by atoms with van der Waals surface area (Å²) in [6.45, 7) is 0. The third kappa shape index (κ3) is 6.00. The normalized spacial score (nSPS) is 11.2. The molecule has 3 aromatic rings. The summed E-state index contributed by atoms with van der Waals surface area (Å²) in [6.07, 6.45) is 0.00883. The fraction of sp³-hybridized carbons (Fsp3) is 0.130. The van der Waals surface area contributed by atoms with Crippen molar-refractivity contribution in [1.82, 2.24) is 10.7 Å². The van der Waals surface area contributed by atoms with Crippen LogP contribution in [0.1, 0.15) is 18.0 Å². The minimum Gasteiger partial charge on any atom is -0.457 e. The molecular weight excluding hydrogens is 380 g/mol. The van der Waals surface area contributed by atoms with Gasteiger partial charge in [-0.05, 0) is 42.0 Å². The van der Waals surface area contributed by atoms with E-state index in [1.807, 2.05) is 66.7 Å². The van der Waals surface area contributed by atoms with Crippen LogP contribution in [0.5, 0.6) is 11.5 Å². The van der Waals surface area contributed by atoms with Crippen LogP contribution >= 0.6 is 0 Å². The Bertz CT molecular complexity index is 980. The molecule has 7 heteroatoms. The molecule has 0 heterocycles. The van der Waals surface area contributed by atoms with Gasteiger partial charge in [0.2, 0.25) is 5.91 Å². The van der Waals surface area contributed by atoms with Crippen LogP contribution in [0.4, 0.5) is 10.5 Å². The molecule has 0 aliphatic carbocycles. The molecule has 1 atom stereocenters. The highest BCUT2D eigenvalue weighted by Gasteiger charge is 2.19. The molecular formula is C23H24N4O3.